The Morgan fingerprint density at radius 1 is 1.62 bits per heavy atom. The number of hydrogen-bond acceptors (Lipinski definition) is 3. The monoisotopic (exact) mass is 236 g/mol. The Bertz CT molecular complexity index is 441. The molecule has 4 nitrogen and oxygen atoms in total. The Labute approximate surface area is 97.8 Å². The lowest BCUT2D eigenvalue weighted by Crippen LogP contribution is -2.30. The molecule has 5 heteroatoms. The molecular formula is C11H12N2O2S. The Morgan fingerprint density at radius 2 is 2.31 bits per heavy atom. The van der Waals surface area contributed by atoms with E-state index in [-0.39, 0.29) is 0 Å². The molecule has 0 atom stereocenters. The molecule has 1 N–H and O–H groups in total. The topological polar surface area (TPSA) is 54.5 Å². The maximum atomic E-state index is 11.3. The van der Waals surface area contributed by atoms with Crippen LogP contribution in [-0.2, 0) is 11.2 Å². The molecule has 0 radical (unpaired) electrons. The Kier molecular flexibility index (Phi) is 2.92. The van der Waals surface area contributed by atoms with Gasteiger partial charge in [0.1, 0.15) is 0 Å². The van der Waals surface area contributed by atoms with Crippen molar-refractivity contribution in [2.75, 3.05) is 0 Å². The second kappa shape index (κ2) is 4.22. The summed E-state index contributed by atoms with van der Waals surface area (Å²) in [5, 5.41) is 11.8. The van der Waals surface area contributed by atoms with Gasteiger partial charge in [-0.3, -0.25) is 4.79 Å². The molecule has 1 aromatic heterocycles. The summed E-state index contributed by atoms with van der Waals surface area (Å²) in [6.07, 6.45) is 3.90. The maximum Gasteiger partial charge on any atom is 0.310 e. The van der Waals surface area contributed by atoms with Gasteiger partial charge in [0.05, 0.1) is 5.41 Å². The number of thiazole rings is 1. The second-order valence-corrected chi connectivity index (χ2v) is 5.12. The summed E-state index contributed by atoms with van der Waals surface area (Å²) in [5.74, 6) is -0.344. The number of carboxylic acid groups (broad SMARTS) is 1. The minimum absolute atomic E-state index is 0.374. The van der Waals surface area contributed by atoms with Crippen molar-refractivity contribution in [1.82, 2.24) is 4.98 Å². The van der Waals surface area contributed by atoms with Crippen LogP contribution >= 0.6 is 11.3 Å². The van der Waals surface area contributed by atoms with Crippen molar-refractivity contribution in [1.29, 1.82) is 0 Å². The molecule has 0 saturated heterocycles. The van der Waals surface area contributed by atoms with Gasteiger partial charge >= 0.3 is 5.97 Å². The molecule has 0 spiro atoms. The predicted octanol–water partition coefficient (Wildman–Crippen LogP) is 2.88. The third kappa shape index (κ3) is 1.93. The molecular weight excluding hydrogens is 224 g/mol. The van der Waals surface area contributed by atoms with E-state index in [1.54, 1.807) is 5.38 Å². The molecule has 0 unspecified atom stereocenters. The SMILES string of the molecule is [C-]#[N+]c1csc(CC2(C(=O)O)CCCC2)n1. The molecule has 1 fully saturated rings. The van der Waals surface area contributed by atoms with Crippen LogP contribution in [0.5, 0.6) is 0 Å². The fourth-order valence-corrected chi connectivity index (χ4v) is 3.09. The van der Waals surface area contributed by atoms with Gasteiger partial charge < -0.3 is 9.95 Å². The first kappa shape index (κ1) is 11.1. The van der Waals surface area contributed by atoms with E-state index in [2.05, 4.69) is 9.83 Å². The molecule has 16 heavy (non-hydrogen) atoms. The molecule has 2 rings (SSSR count). The van der Waals surface area contributed by atoms with Crippen LogP contribution in [0.3, 0.4) is 0 Å². The molecule has 1 heterocycles. The zero-order valence-corrected chi connectivity index (χ0v) is 9.59. The predicted molar refractivity (Wildman–Crippen MR) is 60.6 cm³/mol. The Balaban J connectivity index is 2.18. The first-order valence-corrected chi connectivity index (χ1v) is 6.09. The van der Waals surface area contributed by atoms with Crippen molar-refractivity contribution in [3.8, 4) is 0 Å². The van der Waals surface area contributed by atoms with Gasteiger partial charge in [-0.15, -0.1) is 16.3 Å². The number of nitrogens with zero attached hydrogens (tertiary/aromatic N) is 2. The average molecular weight is 236 g/mol. The largest absolute Gasteiger partial charge is 0.481 e. The molecule has 0 aromatic carbocycles. The van der Waals surface area contributed by atoms with Gasteiger partial charge in [0.15, 0.2) is 5.01 Å². The summed E-state index contributed by atoms with van der Waals surface area (Å²) in [6.45, 7) is 6.83. The van der Waals surface area contributed by atoms with E-state index in [0.29, 0.717) is 12.2 Å². The van der Waals surface area contributed by atoms with Gasteiger partial charge in [-0.25, -0.2) is 0 Å². The van der Waals surface area contributed by atoms with Crippen LogP contribution in [0.2, 0.25) is 0 Å². The van der Waals surface area contributed by atoms with Gasteiger partial charge in [-0.2, -0.15) is 0 Å². The maximum absolute atomic E-state index is 11.3. The van der Waals surface area contributed by atoms with Crippen LogP contribution in [-0.4, -0.2) is 16.1 Å². The van der Waals surface area contributed by atoms with Crippen LogP contribution in [0.25, 0.3) is 4.85 Å². The van der Waals surface area contributed by atoms with E-state index >= 15 is 0 Å². The minimum atomic E-state index is -0.718. The normalized spacial score (nSPS) is 18.2. The van der Waals surface area contributed by atoms with Crippen LogP contribution in [0.4, 0.5) is 5.82 Å². The zero-order chi connectivity index (χ0) is 11.6. The highest BCUT2D eigenvalue weighted by molar-refractivity contribution is 7.10. The van der Waals surface area contributed by atoms with E-state index in [1.165, 1.54) is 11.3 Å². The quantitative estimate of drug-likeness (QED) is 0.821. The molecule has 1 saturated carbocycles. The summed E-state index contributed by atoms with van der Waals surface area (Å²) in [5.41, 5.74) is -0.628. The number of hydrogen-bond donors (Lipinski definition) is 1. The number of aliphatic carboxylic acids is 1. The highest BCUT2D eigenvalue weighted by Crippen LogP contribution is 2.41. The van der Waals surface area contributed by atoms with Gasteiger partial charge in [0, 0.05) is 11.8 Å². The summed E-state index contributed by atoms with van der Waals surface area (Å²) >= 11 is 1.39. The smallest absolute Gasteiger partial charge is 0.310 e. The van der Waals surface area contributed by atoms with Gasteiger partial charge in [0.25, 0.3) is 5.82 Å². The van der Waals surface area contributed by atoms with Crippen LogP contribution in [0, 0.1) is 12.0 Å². The van der Waals surface area contributed by atoms with Crippen LogP contribution < -0.4 is 0 Å². The summed E-state index contributed by atoms with van der Waals surface area (Å²) in [4.78, 5) is 18.7. The molecule has 0 bridgehead atoms. The third-order valence-electron chi connectivity index (χ3n) is 3.16. The fraction of sp³-hybridized carbons (Fsp3) is 0.545. The molecule has 0 amide bonds. The number of rotatable bonds is 3. The standard InChI is InChI=1S/C11H12N2O2S/c1-12-8-7-16-9(13-8)6-11(10(14)15)4-2-3-5-11/h7H,2-6H2,(H,14,15). The zero-order valence-electron chi connectivity index (χ0n) is 8.77. The van der Waals surface area contributed by atoms with Gasteiger partial charge in [0.2, 0.25) is 0 Å². The summed E-state index contributed by atoms with van der Waals surface area (Å²) < 4.78 is 0. The molecule has 1 aliphatic rings. The lowest BCUT2D eigenvalue weighted by molar-refractivity contribution is -0.148. The van der Waals surface area contributed by atoms with E-state index in [4.69, 9.17) is 6.57 Å². The van der Waals surface area contributed by atoms with E-state index in [9.17, 15) is 9.90 Å². The second-order valence-electron chi connectivity index (χ2n) is 4.18. The first-order chi connectivity index (χ1) is 7.66. The Morgan fingerprint density at radius 3 is 2.81 bits per heavy atom. The summed E-state index contributed by atoms with van der Waals surface area (Å²) in [6, 6.07) is 0. The lowest BCUT2D eigenvalue weighted by atomic mass is 9.83. The molecule has 1 aromatic rings. The molecule has 84 valence electrons. The minimum Gasteiger partial charge on any atom is -0.481 e. The number of aromatic nitrogens is 1. The highest BCUT2D eigenvalue weighted by Gasteiger charge is 2.42. The van der Waals surface area contributed by atoms with Crippen LogP contribution in [0.1, 0.15) is 30.7 Å². The third-order valence-corrected chi connectivity index (χ3v) is 3.99. The van der Waals surface area contributed by atoms with Crippen molar-refractivity contribution < 1.29 is 9.90 Å². The van der Waals surface area contributed by atoms with Crippen LogP contribution in [0.15, 0.2) is 5.38 Å². The van der Waals surface area contributed by atoms with Gasteiger partial charge in [-0.1, -0.05) is 19.4 Å². The summed E-state index contributed by atoms with van der Waals surface area (Å²) in [7, 11) is 0. The highest BCUT2D eigenvalue weighted by atomic mass is 32.1. The number of carboxylic acids is 1. The van der Waals surface area contributed by atoms with Crippen molar-refractivity contribution in [3.05, 3.63) is 21.8 Å². The van der Waals surface area contributed by atoms with Crippen molar-refractivity contribution in [2.45, 2.75) is 32.1 Å². The van der Waals surface area contributed by atoms with Crippen molar-refractivity contribution in [2.24, 2.45) is 5.41 Å². The molecule has 0 aliphatic heterocycles. The Hall–Kier alpha value is -1.41. The number of carbonyl (C=O) groups is 1. The molecule has 1 aliphatic carbocycles. The first-order valence-electron chi connectivity index (χ1n) is 5.21. The van der Waals surface area contributed by atoms with E-state index in [0.717, 1.165) is 30.7 Å². The van der Waals surface area contributed by atoms with E-state index in [1.807, 2.05) is 0 Å². The van der Waals surface area contributed by atoms with Crippen molar-refractivity contribution >= 4 is 23.1 Å². The lowest BCUT2D eigenvalue weighted by Gasteiger charge is -2.20. The van der Waals surface area contributed by atoms with Crippen molar-refractivity contribution in [3.63, 3.8) is 0 Å². The van der Waals surface area contributed by atoms with Gasteiger partial charge in [-0.05, 0) is 12.8 Å². The average Bonchev–Trinajstić information content (AvgIpc) is 2.88. The van der Waals surface area contributed by atoms with E-state index < -0.39 is 11.4 Å². The fourth-order valence-electron chi connectivity index (χ4n) is 2.24.